The molecule has 6 nitrogen and oxygen atoms in total. The minimum Gasteiger partial charge on any atom is -0.487 e. The lowest BCUT2D eigenvalue weighted by Crippen LogP contribution is -2.46. The number of benzene rings is 1. The highest BCUT2D eigenvalue weighted by atomic mass is 16.5. The average molecular weight is 390 g/mol. The van der Waals surface area contributed by atoms with Crippen LogP contribution in [0.4, 0.5) is 0 Å². The number of fused-ring (bicyclic) bond motifs is 2. The van der Waals surface area contributed by atoms with Crippen molar-refractivity contribution in [2.45, 2.75) is 38.0 Å². The zero-order valence-corrected chi connectivity index (χ0v) is 16.5. The lowest BCUT2D eigenvalue weighted by molar-refractivity contribution is -0.102. The van der Waals surface area contributed by atoms with Crippen LogP contribution < -0.4 is 4.74 Å². The van der Waals surface area contributed by atoms with E-state index in [9.17, 15) is 0 Å². The summed E-state index contributed by atoms with van der Waals surface area (Å²) in [5.41, 5.74) is 4.61. The number of rotatable bonds is 5. The van der Waals surface area contributed by atoms with Crippen LogP contribution in [-0.2, 0) is 29.9 Å². The van der Waals surface area contributed by atoms with Gasteiger partial charge in [0.05, 0.1) is 24.2 Å². The van der Waals surface area contributed by atoms with Gasteiger partial charge in [0.1, 0.15) is 18.0 Å². The molecule has 1 saturated heterocycles. The molecular formula is C23H26N4O2. The molecule has 1 N–H and O–H groups in total. The summed E-state index contributed by atoms with van der Waals surface area (Å²) in [6.45, 7) is 4.29. The summed E-state index contributed by atoms with van der Waals surface area (Å²) in [7, 11) is 0. The predicted molar refractivity (Wildman–Crippen MR) is 109 cm³/mol. The van der Waals surface area contributed by atoms with Gasteiger partial charge in [-0.3, -0.25) is 15.0 Å². The molecule has 6 heteroatoms. The predicted octanol–water partition coefficient (Wildman–Crippen LogP) is 3.45. The topological polar surface area (TPSA) is 63.3 Å². The van der Waals surface area contributed by atoms with E-state index in [4.69, 9.17) is 9.47 Å². The normalized spacial score (nSPS) is 18.5. The van der Waals surface area contributed by atoms with E-state index in [1.54, 1.807) is 6.20 Å². The van der Waals surface area contributed by atoms with Gasteiger partial charge in [-0.25, -0.2) is 0 Å². The maximum atomic E-state index is 6.25. The molecule has 2 aromatic heterocycles. The van der Waals surface area contributed by atoms with Gasteiger partial charge >= 0.3 is 0 Å². The fourth-order valence-electron chi connectivity index (χ4n) is 4.38. The maximum absolute atomic E-state index is 6.25. The zero-order valence-electron chi connectivity index (χ0n) is 16.5. The summed E-state index contributed by atoms with van der Waals surface area (Å²) in [6, 6.07) is 14.3. The Hall–Kier alpha value is -2.70. The molecule has 0 unspecified atom stereocenters. The number of piperidine rings is 1. The average Bonchev–Trinajstić information content (AvgIpc) is 3.26. The third-order valence-electron chi connectivity index (χ3n) is 6.03. The van der Waals surface area contributed by atoms with E-state index in [1.165, 1.54) is 16.8 Å². The molecular weight excluding hydrogens is 364 g/mol. The molecule has 1 spiro atoms. The third kappa shape index (κ3) is 3.91. The van der Waals surface area contributed by atoms with E-state index in [0.717, 1.165) is 56.9 Å². The molecule has 2 aliphatic heterocycles. The molecule has 1 fully saturated rings. The van der Waals surface area contributed by atoms with Crippen LogP contribution in [0.1, 0.15) is 35.4 Å². The molecule has 0 radical (unpaired) electrons. The Bertz CT molecular complexity index is 931. The van der Waals surface area contributed by atoms with Gasteiger partial charge in [-0.05, 0) is 54.7 Å². The second kappa shape index (κ2) is 7.97. The van der Waals surface area contributed by atoms with Crippen LogP contribution in [0.2, 0.25) is 0 Å². The largest absolute Gasteiger partial charge is 0.487 e. The first-order valence-electron chi connectivity index (χ1n) is 10.3. The molecule has 4 heterocycles. The second-order valence-electron chi connectivity index (χ2n) is 7.89. The van der Waals surface area contributed by atoms with Gasteiger partial charge in [-0.2, -0.15) is 5.10 Å². The summed E-state index contributed by atoms with van der Waals surface area (Å²) in [4.78, 5) is 6.79. The van der Waals surface area contributed by atoms with E-state index in [-0.39, 0.29) is 5.60 Å². The van der Waals surface area contributed by atoms with Crippen LogP contribution in [0.5, 0.6) is 5.75 Å². The van der Waals surface area contributed by atoms with Crippen molar-refractivity contribution in [2.24, 2.45) is 0 Å². The van der Waals surface area contributed by atoms with Crippen molar-refractivity contribution < 1.29 is 9.47 Å². The molecule has 0 saturated carbocycles. The fourth-order valence-corrected chi connectivity index (χ4v) is 4.38. The van der Waals surface area contributed by atoms with Crippen molar-refractivity contribution in [1.29, 1.82) is 0 Å². The first kappa shape index (κ1) is 18.3. The van der Waals surface area contributed by atoms with Crippen molar-refractivity contribution in [2.75, 3.05) is 19.7 Å². The molecule has 0 aliphatic carbocycles. The number of aromatic amines is 1. The first-order valence-corrected chi connectivity index (χ1v) is 10.3. The molecule has 3 aromatic rings. The molecule has 0 bridgehead atoms. The molecule has 0 atom stereocenters. The van der Waals surface area contributed by atoms with Crippen molar-refractivity contribution in [3.8, 4) is 5.75 Å². The van der Waals surface area contributed by atoms with Gasteiger partial charge in [0.2, 0.25) is 0 Å². The number of ether oxygens (including phenoxy) is 2. The third-order valence-corrected chi connectivity index (χ3v) is 6.03. The number of hydrogen-bond acceptors (Lipinski definition) is 5. The van der Waals surface area contributed by atoms with Crippen molar-refractivity contribution in [3.05, 3.63) is 77.4 Å². The Labute approximate surface area is 170 Å². The van der Waals surface area contributed by atoms with E-state index in [1.807, 2.05) is 36.5 Å². The standard InChI is InChI=1S/C23H26N4O2/c1-2-11-24-20(3-1)17-28-21-6-4-18(5-7-21)16-27-12-9-23(10-13-27)22-19(8-14-29-23)15-25-26-22/h1-7,11,15H,8-10,12-14,16-17H2,(H,25,26). The van der Waals surface area contributed by atoms with E-state index in [0.29, 0.717) is 6.61 Å². The Kier molecular flexibility index (Phi) is 5.04. The van der Waals surface area contributed by atoms with Gasteiger partial charge in [-0.1, -0.05) is 18.2 Å². The summed E-state index contributed by atoms with van der Waals surface area (Å²) >= 11 is 0. The summed E-state index contributed by atoms with van der Waals surface area (Å²) in [6.07, 6.45) is 6.73. The first-order chi connectivity index (χ1) is 14.3. The number of likely N-dealkylation sites (tertiary alicyclic amines) is 1. The minimum atomic E-state index is -0.163. The number of hydrogen-bond donors (Lipinski definition) is 1. The smallest absolute Gasteiger partial charge is 0.130 e. The Morgan fingerprint density at radius 2 is 1.97 bits per heavy atom. The zero-order chi connectivity index (χ0) is 19.5. The highest BCUT2D eigenvalue weighted by Gasteiger charge is 2.42. The van der Waals surface area contributed by atoms with Crippen LogP contribution >= 0.6 is 0 Å². The lowest BCUT2D eigenvalue weighted by Gasteiger charge is -2.43. The van der Waals surface area contributed by atoms with Crippen molar-refractivity contribution >= 4 is 0 Å². The van der Waals surface area contributed by atoms with Crippen molar-refractivity contribution in [1.82, 2.24) is 20.1 Å². The van der Waals surface area contributed by atoms with Crippen LogP contribution in [0.3, 0.4) is 0 Å². The quantitative estimate of drug-likeness (QED) is 0.723. The lowest BCUT2D eigenvalue weighted by atomic mass is 9.83. The van der Waals surface area contributed by atoms with Gasteiger partial charge in [0.15, 0.2) is 0 Å². The van der Waals surface area contributed by atoms with E-state index in [2.05, 4.69) is 32.2 Å². The van der Waals surface area contributed by atoms with Crippen LogP contribution in [-0.4, -0.2) is 39.8 Å². The Morgan fingerprint density at radius 3 is 2.76 bits per heavy atom. The number of nitrogens with one attached hydrogen (secondary N) is 1. The molecule has 2 aliphatic rings. The Balaban J connectivity index is 1.15. The number of aromatic nitrogens is 3. The molecule has 5 rings (SSSR count). The van der Waals surface area contributed by atoms with Crippen LogP contribution in [0, 0.1) is 0 Å². The van der Waals surface area contributed by atoms with E-state index < -0.39 is 0 Å². The fraction of sp³-hybridized carbons (Fsp3) is 0.391. The molecule has 150 valence electrons. The van der Waals surface area contributed by atoms with Crippen LogP contribution in [0.25, 0.3) is 0 Å². The van der Waals surface area contributed by atoms with Gasteiger partial charge in [-0.15, -0.1) is 0 Å². The van der Waals surface area contributed by atoms with Gasteiger partial charge in [0, 0.05) is 25.8 Å². The molecule has 29 heavy (non-hydrogen) atoms. The van der Waals surface area contributed by atoms with Gasteiger partial charge < -0.3 is 9.47 Å². The summed E-state index contributed by atoms with van der Waals surface area (Å²) < 4.78 is 12.1. The number of nitrogens with zero attached hydrogens (tertiary/aromatic N) is 3. The second-order valence-corrected chi connectivity index (χ2v) is 7.89. The van der Waals surface area contributed by atoms with Crippen LogP contribution in [0.15, 0.2) is 54.9 Å². The minimum absolute atomic E-state index is 0.163. The highest BCUT2D eigenvalue weighted by Crippen LogP contribution is 2.40. The number of pyridine rings is 1. The highest BCUT2D eigenvalue weighted by molar-refractivity contribution is 5.28. The van der Waals surface area contributed by atoms with Gasteiger partial charge in [0.25, 0.3) is 0 Å². The Morgan fingerprint density at radius 1 is 1.10 bits per heavy atom. The SMILES string of the molecule is c1ccc(COc2ccc(CN3CCC4(CC3)OCCc3cn[nH]c34)cc2)nc1. The van der Waals surface area contributed by atoms with Crippen molar-refractivity contribution in [3.63, 3.8) is 0 Å². The number of H-pyrrole nitrogens is 1. The molecule has 0 amide bonds. The maximum Gasteiger partial charge on any atom is 0.130 e. The summed E-state index contributed by atoms with van der Waals surface area (Å²) in [5.74, 6) is 0.874. The summed E-state index contributed by atoms with van der Waals surface area (Å²) in [5, 5.41) is 7.45. The monoisotopic (exact) mass is 390 g/mol. The molecule has 1 aromatic carbocycles. The van der Waals surface area contributed by atoms with E-state index >= 15 is 0 Å².